The minimum atomic E-state index is -3.87. The van der Waals surface area contributed by atoms with E-state index in [-0.39, 0.29) is 14.7 Å². The zero-order valence-electron chi connectivity index (χ0n) is 11.0. The van der Waals surface area contributed by atoms with E-state index in [9.17, 15) is 23.1 Å². The standard InChI is InChI=1S/C14H10O6S2/c15-11(8-12(16)13(17)18)10-6-7-21-14(10)22(19,20)9-4-2-1-3-5-9/h1-8,15H,(H,17,18). The van der Waals surface area contributed by atoms with Crippen LogP contribution in [0.15, 0.2) is 57.0 Å². The number of rotatable bonds is 5. The molecule has 0 saturated carbocycles. The van der Waals surface area contributed by atoms with Crippen molar-refractivity contribution < 1.29 is 28.2 Å². The topological polar surface area (TPSA) is 109 Å². The second kappa shape index (κ2) is 6.12. The molecule has 0 unspecified atom stereocenters. The molecule has 1 aromatic heterocycles. The van der Waals surface area contributed by atoms with E-state index in [1.54, 1.807) is 18.2 Å². The molecule has 2 N–H and O–H groups in total. The van der Waals surface area contributed by atoms with Gasteiger partial charge in [-0.05, 0) is 23.6 Å². The van der Waals surface area contributed by atoms with Crippen molar-refractivity contribution in [1.82, 2.24) is 0 Å². The molecule has 2 aromatic rings. The molecule has 22 heavy (non-hydrogen) atoms. The maximum absolute atomic E-state index is 12.5. The van der Waals surface area contributed by atoms with E-state index in [2.05, 4.69) is 0 Å². The number of sulfone groups is 1. The van der Waals surface area contributed by atoms with Crippen molar-refractivity contribution in [2.75, 3.05) is 0 Å². The van der Waals surface area contributed by atoms with Crippen LogP contribution < -0.4 is 0 Å². The lowest BCUT2D eigenvalue weighted by molar-refractivity contribution is -0.146. The Bertz CT molecular complexity index is 846. The number of benzene rings is 1. The number of aliphatic carboxylic acids is 1. The number of hydrogen-bond donors (Lipinski definition) is 2. The average Bonchev–Trinajstić information content (AvgIpc) is 2.98. The SMILES string of the molecule is O=C(O)C(=O)C=C(O)c1ccsc1S(=O)(=O)c1ccccc1. The van der Waals surface area contributed by atoms with E-state index >= 15 is 0 Å². The lowest BCUT2D eigenvalue weighted by Gasteiger charge is -2.05. The Morgan fingerprint density at radius 1 is 1.05 bits per heavy atom. The van der Waals surface area contributed by atoms with E-state index in [4.69, 9.17) is 5.11 Å². The van der Waals surface area contributed by atoms with Gasteiger partial charge in [0.1, 0.15) is 9.97 Å². The monoisotopic (exact) mass is 338 g/mol. The molecule has 2 rings (SSSR count). The lowest BCUT2D eigenvalue weighted by atomic mass is 10.2. The number of hydrogen-bond acceptors (Lipinski definition) is 6. The van der Waals surface area contributed by atoms with Crippen LogP contribution in [0, 0.1) is 0 Å². The summed E-state index contributed by atoms with van der Waals surface area (Å²) in [5.41, 5.74) is -0.108. The van der Waals surface area contributed by atoms with Gasteiger partial charge in [0.15, 0.2) is 0 Å². The van der Waals surface area contributed by atoms with Gasteiger partial charge in [0.25, 0.3) is 5.78 Å². The molecule has 1 heterocycles. The summed E-state index contributed by atoms with van der Waals surface area (Å²) in [4.78, 5) is 21.6. The third kappa shape index (κ3) is 3.07. The van der Waals surface area contributed by atoms with Crippen molar-refractivity contribution in [3.63, 3.8) is 0 Å². The van der Waals surface area contributed by atoms with Crippen LogP contribution in [0.1, 0.15) is 5.56 Å². The van der Waals surface area contributed by atoms with Crippen LogP contribution in [0.4, 0.5) is 0 Å². The van der Waals surface area contributed by atoms with Crippen LogP contribution in [-0.4, -0.2) is 30.4 Å². The summed E-state index contributed by atoms with van der Waals surface area (Å²) < 4.78 is 24.9. The second-order valence-corrected chi connectivity index (χ2v) is 7.20. The minimum absolute atomic E-state index is 0.0380. The first-order chi connectivity index (χ1) is 10.3. The average molecular weight is 338 g/mol. The van der Waals surface area contributed by atoms with Crippen LogP contribution >= 0.6 is 11.3 Å². The third-order valence-corrected chi connectivity index (χ3v) is 5.94. The van der Waals surface area contributed by atoms with Crippen molar-refractivity contribution >= 4 is 38.7 Å². The number of carboxylic acid groups (broad SMARTS) is 1. The van der Waals surface area contributed by atoms with Crippen molar-refractivity contribution in [2.24, 2.45) is 0 Å². The third-order valence-electron chi connectivity index (χ3n) is 2.68. The van der Waals surface area contributed by atoms with Crippen LogP contribution in [0.3, 0.4) is 0 Å². The van der Waals surface area contributed by atoms with Gasteiger partial charge >= 0.3 is 5.97 Å². The van der Waals surface area contributed by atoms with Gasteiger partial charge in [-0.25, -0.2) is 13.2 Å². The number of thiophene rings is 1. The maximum atomic E-state index is 12.5. The molecular weight excluding hydrogens is 328 g/mol. The Morgan fingerprint density at radius 3 is 2.27 bits per heavy atom. The zero-order valence-corrected chi connectivity index (χ0v) is 12.6. The molecule has 0 radical (unpaired) electrons. The van der Waals surface area contributed by atoms with Crippen molar-refractivity contribution in [3.8, 4) is 0 Å². The predicted molar refractivity (Wildman–Crippen MR) is 79.5 cm³/mol. The molecule has 0 amide bonds. The normalized spacial score (nSPS) is 12.1. The second-order valence-electron chi connectivity index (χ2n) is 4.14. The summed E-state index contributed by atoms with van der Waals surface area (Å²) in [5, 5.41) is 19.8. The van der Waals surface area contributed by atoms with E-state index in [0.717, 1.165) is 11.3 Å². The molecule has 0 bridgehead atoms. The van der Waals surface area contributed by atoms with Crippen LogP contribution in [0.25, 0.3) is 5.76 Å². The van der Waals surface area contributed by atoms with Gasteiger partial charge in [0.2, 0.25) is 9.84 Å². The number of carboxylic acids is 1. The molecule has 6 nitrogen and oxygen atoms in total. The quantitative estimate of drug-likeness (QED) is 0.491. The summed E-state index contributed by atoms with van der Waals surface area (Å²) in [7, 11) is -3.87. The van der Waals surface area contributed by atoms with E-state index in [1.165, 1.54) is 23.6 Å². The van der Waals surface area contributed by atoms with Gasteiger partial charge in [-0.1, -0.05) is 18.2 Å². The summed E-state index contributed by atoms with van der Waals surface area (Å²) in [5.74, 6) is -3.79. The highest BCUT2D eigenvalue weighted by Crippen LogP contribution is 2.32. The highest BCUT2D eigenvalue weighted by molar-refractivity contribution is 7.93. The fourth-order valence-electron chi connectivity index (χ4n) is 1.66. The summed E-state index contributed by atoms with van der Waals surface area (Å²) in [6.45, 7) is 0. The van der Waals surface area contributed by atoms with Crippen molar-refractivity contribution in [3.05, 3.63) is 53.4 Å². The fourth-order valence-corrected chi connectivity index (χ4v) is 4.44. The molecule has 0 aliphatic carbocycles. The largest absolute Gasteiger partial charge is 0.507 e. The van der Waals surface area contributed by atoms with Gasteiger partial charge in [0, 0.05) is 11.6 Å². The molecule has 114 valence electrons. The molecule has 0 spiro atoms. The first-order valence-corrected chi connectivity index (χ1v) is 8.26. The summed E-state index contributed by atoms with van der Waals surface area (Å²) >= 11 is 0.868. The van der Waals surface area contributed by atoms with Gasteiger partial charge in [-0.15, -0.1) is 11.3 Å². The van der Waals surface area contributed by atoms with Crippen LogP contribution in [-0.2, 0) is 19.4 Å². The Morgan fingerprint density at radius 2 is 1.68 bits per heavy atom. The Hall–Kier alpha value is -2.45. The van der Waals surface area contributed by atoms with Gasteiger partial charge < -0.3 is 10.2 Å². The summed E-state index contributed by atoms with van der Waals surface area (Å²) in [6.07, 6.45) is 0.481. The van der Waals surface area contributed by atoms with Crippen LogP contribution in [0.5, 0.6) is 0 Å². The Labute approximate surface area is 129 Å². The van der Waals surface area contributed by atoms with Gasteiger partial charge in [-0.2, -0.15) is 0 Å². The van der Waals surface area contributed by atoms with Gasteiger partial charge in [-0.3, -0.25) is 4.79 Å². The number of carbonyl (C=O) groups excluding carboxylic acids is 1. The molecule has 0 atom stereocenters. The molecular formula is C14H10O6S2. The first kappa shape index (κ1) is 15.9. The molecule has 8 heteroatoms. The molecule has 0 fully saturated rings. The number of ketones is 1. The molecule has 0 aliphatic heterocycles. The fraction of sp³-hybridized carbons (Fsp3) is 0. The number of carbonyl (C=O) groups is 2. The smallest absolute Gasteiger partial charge is 0.376 e. The van der Waals surface area contributed by atoms with Crippen molar-refractivity contribution in [2.45, 2.75) is 9.10 Å². The molecule has 0 aliphatic rings. The van der Waals surface area contributed by atoms with Crippen molar-refractivity contribution in [1.29, 1.82) is 0 Å². The predicted octanol–water partition coefficient (Wildman–Crippen LogP) is 2.13. The van der Waals surface area contributed by atoms with Crippen LogP contribution in [0.2, 0.25) is 0 Å². The zero-order chi connectivity index (χ0) is 16.3. The van der Waals surface area contributed by atoms with E-state index < -0.39 is 27.3 Å². The molecule has 1 aromatic carbocycles. The van der Waals surface area contributed by atoms with E-state index in [0.29, 0.717) is 6.08 Å². The number of aliphatic hydroxyl groups is 1. The van der Waals surface area contributed by atoms with E-state index in [1.807, 2.05) is 0 Å². The maximum Gasteiger partial charge on any atom is 0.376 e. The molecule has 0 saturated heterocycles. The first-order valence-electron chi connectivity index (χ1n) is 5.90. The highest BCUT2D eigenvalue weighted by atomic mass is 32.2. The lowest BCUT2D eigenvalue weighted by Crippen LogP contribution is -2.10. The minimum Gasteiger partial charge on any atom is -0.507 e. The highest BCUT2D eigenvalue weighted by Gasteiger charge is 2.25. The Balaban J connectivity index is 2.51. The number of aliphatic hydroxyl groups excluding tert-OH is 1. The van der Waals surface area contributed by atoms with Gasteiger partial charge in [0.05, 0.1) is 4.90 Å². The Kier molecular flexibility index (Phi) is 4.43. The summed E-state index contributed by atoms with van der Waals surface area (Å²) in [6, 6.07) is 8.90.